The van der Waals surface area contributed by atoms with Crippen LogP contribution in [0.1, 0.15) is 43.1 Å². The summed E-state index contributed by atoms with van der Waals surface area (Å²) in [6.45, 7) is 5.93. The van der Waals surface area contributed by atoms with Crippen molar-refractivity contribution in [2.45, 2.75) is 32.7 Å². The summed E-state index contributed by atoms with van der Waals surface area (Å²) in [6.07, 6.45) is 2.93. The van der Waals surface area contributed by atoms with Crippen molar-refractivity contribution < 1.29 is 19.0 Å². The van der Waals surface area contributed by atoms with E-state index in [2.05, 4.69) is 0 Å². The van der Waals surface area contributed by atoms with Gasteiger partial charge in [-0.05, 0) is 32.8 Å². The van der Waals surface area contributed by atoms with Crippen molar-refractivity contribution >= 4 is 22.6 Å². The van der Waals surface area contributed by atoms with Gasteiger partial charge in [0, 0.05) is 25.8 Å². The Morgan fingerprint density at radius 3 is 2.69 bits per heavy atom. The minimum atomic E-state index is -1.32. The van der Waals surface area contributed by atoms with Crippen LogP contribution in [0.4, 0.5) is 10.1 Å². The number of ether oxygens (including phenoxy) is 1. The van der Waals surface area contributed by atoms with Crippen LogP contribution in [0, 0.1) is 5.82 Å². The molecule has 0 aliphatic carbocycles. The Bertz CT molecular complexity index is 1100. The molecule has 1 atom stereocenters. The fourth-order valence-electron chi connectivity index (χ4n) is 4.23. The minimum Gasteiger partial charge on any atom is -0.487 e. The Labute approximate surface area is 167 Å². The van der Waals surface area contributed by atoms with Crippen molar-refractivity contribution in [1.82, 2.24) is 4.57 Å². The third-order valence-corrected chi connectivity index (χ3v) is 5.97. The van der Waals surface area contributed by atoms with Crippen molar-refractivity contribution in [3.05, 3.63) is 45.0 Å². The molecule has 1 aromatic heterocycles. The van der Waals surface area contributed by atoms with Gasteiger partial charge in [0.05, 0.1) is 16.9 Å². The lowest BCUT2D eigenvalue weighted by atomic mass is 9.97. The fourth-order valence-corrected chi connectivity index (χ4v) is 4.23. The molecule has 1 fully saturated rings. The number of anilines is 1. The molecule has 0 unspecified atom stereocenters. The summed E-state index contributed by atoms with van der Waals surface area (Å²) in [5.41, 5.74) is 7.94. The van der Waals surface area contributed by atoms with Gasteiger partial charge in [-0.15, -0.1) is 0 Å². The summed E-state index contributed by atoms with van der Waals surface area (Å²) >= 11 is 0. The summed E-state index contributed by atoms with van der Waals surface area (Å²) in [4.78, 5) is 26.1. The second-order valence-electron chi connectivity index (χ2n) is 7.75. The van der Waals surface area contributed by atoms with Crippen molar-refractivity contribution in [2.24, 2.45) is 5.73 Å². The number of carboxylic acids is 1. The molecule has 7 nitrogen and oxygen atoms in total. The number of aromatic carboxylic acids is 1. The molecule has 2 aliphatic heterocycles. The zero-order valence-electron chi connectivity index (χ0n) is 16.5. The lowest BCUT2D eigenvalue weighted by molar-refractivity contribution is 0.0694. The van der Waals surface area contributed by atoms with E-state index in [0.29, 0.717) is 36.6 Å². The SMILES string of the molecule is CC(CN)=C1CCN(c2c(F)cc3c(=O)c(C(=O)O)cn4c3c2OC[C@@H]4C)CC1. The lowest BCUT2D eigenvalue weighted by Gasteiger charge is -2.35. The molecule has 1 saturated heterocycles. The second-order valence-corrected chi connectivity index (χ2v) is 7.75. The quantitative estimate of drug-likeness (QED) is 0.768. The highest BCUT2D eigenvalue weighted by Gasteiger charge is 2.31. The maximum Gasteiger partial charge on any atom is 0.341 e. The van der Waals surface area contributed by atoms with Gasteiger partial charge < -0.3 is 25.0 Å². The smallest absolute Gasteiger partial charge is 0.341 e. The largest absolute Gasteiger partial charge is 0.487 e. The topological polar surface area (TPSA) is 97.8 Å². The monoisotopic (exact) mass is 401 g/mol. The number of carboxylic acid groups (broad SMARTS) is 1. The lowest BCUT2D eigenvalue weighted by Crippen LogP contribution is -2.34. The van der Waals surface area contributed by atoms with E-state index < -0.39 is 17.2 Å². The molecule has 29 heavy (non-hydrogen) atoms. The molecule has 0 radical (unpaired) electrons. The molecule has 0 spiro atoms. The number of nitrogens with two attached hydrogens (primary N) is 1. The Kier molecular flexibility index (Phi) is 4.82. The molecule has 2 aliphatic rings. The highest BCUT2D eigenvalue weighted by Crippen LogP contribution is 2.42. The maximum atomic E-state index is 15.2. The van der Waals surface area contributed by atoms with Crippen LogP contribution in [-0.4, -0.2) is 41.9 Å². The highest BCUT2D eigenvalue weighted by atomic mass is 19.1. The number of aromatic nitrogens is 1. The van der Waals surface area contributed by atoms with Gasteiger partial charge in [0.2, 0.25) is 5.43 Å². The molecule has 4 rings (SSSR count). The molecule has 1 aromatic carbocycles. The molecule has 3 heterocycles. The molecular weight excluding hydrogens is 377 g/mol. The van der Waals surface area contributed by atoms with Gasteiger partial charge >= 0.3 is 5.97 Å². The molecular formula is C21H24FN3O4. The van der Waals surface area contributed by atoms with Crippen molar-refractivity contribution in [1.29, 1.82) is 0 Å². The van der Waals surface area contributed by atoms with Crippen LogP contribution in [0.2, 0.25) is 0 Å². The van der Waals surface area contributed by atoms with Gasteiger partial charge in [0.1, 0.15) is 17.9 Å². The molecule has 154 valence electrons. The van der Waals surface area contributed by atoms with E-state index in [1.807, 2.05) is 18.7 Å². The van der Waals surface area contributed by atoms with Crippen LogP contribution < -0.4 is 20.8 Å². The average Bonchev–Trinajstić information content (AvgIpc) is 2.71. The Morgan fingerprint density at radius 2 is 2.07 bits per heavy atom. The van der Waals surface area contributed by atoms with Gasteiger partial charge in [-0.2, -0.15) is 0 Å². The van der Waals surface area contributed by atoms with E-state index in [1.54, 1.807) is 4.57 Å². The number of hydrogen-bond acceptors (Lipinski definition) is 5. The summed E-state index contributed by atoms with van der Waals surface area (Å²) in [5.74, 6) is -1.58. The van der Waals surface area contributed by atoms with Gasteiger partial charge in [0.15, 0.2) is 11.6 Å². The van der Waals surface area contributed by atoms with Crippen LogP contribution in [0.25, 0.3) is 10.9 Å². The van der Waals surface area contributed by atoms with Crippen molar-refractivity contribution in [3.63, 3.8) is 0 Å². The van der Waals surface area contributed by atoms with E-state index in [9.17, 15) is 14.7 Å². The van der Waals surface area contributed by atoms with Crippen molar-refractivity contribution in [3.8, 4) is 5.75 Å². The van der Waals surface area contributed by atoms with Gasteiger partial charge in [0.25, 0.3) is 0 Å². The van der Waals surface area contributed by atoms with E-state index in [1.165, 1.54) is 17.3 Å². The number of benzene rings is 1. The highest BCUT2D eigenvalue weighted by molar-refractivity contribution is 5.97. The zero-order chi connectivity index (χ0) is 20.9. The first-order chi connectivity index (χ1) is 13.8. The normalized spacial score (nSPS) is 18.7. The number of halogens is 1. The minimum absolute atomic E-state index is 0.0317. The van der Waals surface area contributed by atoms with Crippen LogP contribution >= 0.6 is 0 Å². The van der Waals surface area contributed by atoms with Crippen LogP contribution in [0.5, 0.6) is 5.75 Å². The third-order valence-electron chi connectivity index (χ3n) is 5.97. The predicted molar refractivity (Wildman–Crippen MR) is 109 cm³/mol. The van der Waals surface area contributed by atoms with Gasteiger partial charge in [-0.3, -0.25) is 4.79 Å². The molecule has 0 bridgehead atoms. The zero-order valence-corrected chi connectivity index (χ0v) is 16.5. The average molecular weight is 401 g/mol. The number of pyridine rings is 1. The third kappa shape index (κ3) is 3.07. The first-order valence-corrected chi connectivity index (χ1v) is 9.73. The van der Waals surface area contributed by atoms with Gasteiger partial charge in [-0.25, -0.2) is 9.18 Å². The van der Waals surface area contributed by atoms with E-state index >= 15 is 4.39 Å². The summed E-state index contributed by atoms with van der Waals surface area (Å²) in [7, 11) is 0. The van der Waals surface area contributed by atoms with Crippen LogP contribution in [0.15, 0.2) is 28.2 Å². The molecule has 3 N–H and O–H groups in total. The first-order valence-electron chi connectivity index (χ1n) is 9.73. The second kappa shape index (κ2) is 7.18. The first kappa shape index (κ1) is 19.4. The number of piperidine rings is 1. The van der Waals surface area contributed by atoms with E-state index in [-0.39, 0.29) is 23.6 Å². The summed E-state index contributed by atoms with van der Waals surface area (Å²) in [5, 5.41) is 9.41. The molecule has 2 aromatic rings. The van der Waals surface area contributed by atoms with Crippen LogP contribution in [-0.2, 0) is 0 Å². The van der Waals surface area contributed by atoms with Gasteiger partial charge in [-0.1, -0.05) is 11.1 Å². The number of hydrogen-bond donors (Lipinski definition) is 2. The molecule has 0 amide bonds. The number of nitrogens with zero attached hydrogens (tertiary/aromatic N) is 2. The standard InChI is InChI=1S/C21H24FN3O4/c1-11(8-23)13-3-5-24(6-4-13)18-16(22)7-14-17-20(18)29-10-12(2)25(17)9-15(19(14)26)21(27)28/h7,9,12H,3-6,8,10,23H2,1-2H3,(H,27,28)/t12-/m0/s1. The van der Waals surface area contributed by atoms with Crippen molar-refractivity contribution in [2.75, 3.05) is 31.1 Å². The van der Waals surface area contributed by atoms with Crippen LogP contribution in [0.3, 0.4) is 0 Å². The number of rotatable bonds is 3. The summed E-state index contributed by atoms with van der Waals surface area (Å²) in [6, 6.07) is 0.974. The number of carbonyl (C=O) groups is 1. The Balaban J connectivity index is 1.88. The fraction of sp³-hybridized carbons (Fsp3) is 0.429. The maximum absolute atomic E-state index is 15.2. The van der Waals surface area contributed by atoms with E-state index in [4.69, 9.17) is 10.5 Å². The van der Waals surface area contributed by atoms with E-state index in [0.717, 1.165) is 18.9 Å². The summed E-state index contributed by atoms with van der Waals surface area (Å²) < 4.78 is 22.8. The molecule has 0 saturated carbocycles. The predicted octanol–water partition coefficient (Wildman–Crippen LogP) is 2.67. The Hall–Kier alpha value is -2.87. The molecule has 8 heteroatoms. The Morgan fingerprint density at radius 1 is 1.38 bits per heavy atom.